The Balaban J connectivity index is 1.63. The van der Waals surface area contributed by atoms with Crippen LogP contribution in [0.2, 0.25) is 0 Å². The van der Waals surface area contributed by atoms with Crippen LogP contribution in [-0.2, 0) is 16.4 Å². The van der Waals surface area contributed by atoms with E-state index in [1.165, 1.54) is 23.5 Å². The number of sulfonamides is 1. The van der Waals surface area contributed by atoms with Gasteiger partial charge in [-0.15, -0.1) is 11.3 Å². The van der Waals surface area contributed by atoms with Gasteiger partial charge in [-0.3, -0.25) is 4.79 Å². The molecule has 0 spiro atoms. The van der Waals surface area contributed by atoms with Gasteiger partial charge in [-0.25, -0.2) is 18.1 Å². The van der Waals surface area contributed by atoms with Crippen LogP contribution in [0.3, 0.4) is 0 Å². The van der Waals surface area contributed by atoms with Crippen molar-refractivity contribution in [1.82, 2.24) is 15.0 Å². The summed E-state index contributed by atoms with van der Waals surface area (Å²) in [4.78, 5) is 17.5. The lowest BCUT2D eigenvalue weighted by Crippen LogP contribution is -2.39. The smallest absolute Gasteiger partial charge is 0.251 e. The third-order valence-corrected chi connectivity index (χ3v) is 6.79. The molecule has 6 nitrogen and oxygen atoms in total. The first-order valence-corrected chi connectivity index (χ1v) is 10.6. The fraction of sp³-hybridized carbons (Fsp3) is 0.412. The molecular weight excluding hydrogens is 358 g/mol. The van der Waals surface area contributed by atoms with E-state index in [0.29, 0.717) is 18.5 Å². The molecule has 2 aromatic rings. The highest BCUT2D eigenvalue weighted by molar-refractivity contribution is 7.89. The lowest BCUT2D eigenvalue weighted by atomic mass is 9.93. The van der Waals surface area contributed by atoms with Crippen molar-refractivity contribution in [2.75, 3.05) is 6.54 Å². The molecular formula is C17H21N3O3S2. The first kappa shape index (κ1) is 18.0. The van der Waals surface area contributed by atoms with Crippen molar-refractivity contribution in [3.05, 3.63) is 45.9 Å². The number of hydrogen-bond donors (Lipinski definition) is 2. The van der Waals surface area contributed by atoms with Gasteiger partial charge in [0, 0.05) is 23.0 Å². The van der Waals surface area contributed by atoms with E-state index in [1.54, 1.807) is 17.6 Å². The van der Waals surface area contributed by atoms with E-state index in [9.17, 15) is 13.2 Å². The van der Waals surface area contributed by atoms with Crippen LogP contribution < -0.4 is 10.0 Å². The molecule has 1 aliphatic rings. The third-order valence-electron chi connectivity index (χ3n) is 4.34. The standard InChI is InChI=1S/C17H21N3O3S2/c1-12-16(24-11-18-12)8-9-19-25(22,23)15-7-2-4-13(10-15)17(21)20-14-5-3-6-14/h2,4,7,10-11,14,19H,3,5-6,8-9H2,1H3,(H,20,21). The number of thiazole rings is 1. The van der Waals surface area contributed by atoms with Crippen LogP contribution in [0.5, 0.6) is 0 Å². The second kappa shape index (κ2) is 7.63. The summed E-state index contributed by atoms with van der Waals surface area (Å²) in [5.74, 6) is -0.220. The van der Waals surface area contributed by atoms with Gasteiger partial charge in [0.05, 0.1) is 16.1 Å². The molecule has 0 unspecified atom stereocenters. The van der Waals surface area contributed by atoms with Gasteiger partial charge in [-0.05, 0) is 50.8 Å². The minimum atomic E-state index is -3.65. The number of amides is 1. The minimum absolute atomic E-state index is 0.106. The molecule has 1 aromatic carbocycles. The molecule has 1 amide bonds. The van der Waals surface area contributed by atoms with Crippen LogP contribution in [0.15, 0.2) is 34.7 Å². The number of hydrogen-bond acceptors (Lipinski definition) is 5. The van der Waals surface area contributed by atoms with Gasteiger partial charge in [0.2, 0.25) is 10.0 Å². The van der Waals surface area contributed by atoms with E-state index in [1.807, 2.05) is 6.92 Å². The van der Waals surface area contributed by atoms with Crippen molar-refractivity contribution in [2.24, 2.45) is 0 Å². The topological polar surface area (TPSA) is 88.2 Å². The van der Waals surface area contributed by atoms with Crippen LogP contribution in [0.1, 0.15) is 40.2 Å². The first-order chi connectivity index (χ1) is 12.0. The van der Waals surface area contributed by atoms with Gasteiger partial charge < -0.3 is 5.32 Å². The lowest BCUT2D eigenvalue weighted by Gasteiger charge is -2.26. The Labute approximate surface area is 151 Å². The van der Waals surface area contributed by atoms with Crippen LogP contribution in [0.25, 0.3) is 0 Å². The van der Waals surface area contributed by atoms with Gasteiger partial charge in [-0.1, -0.05) is 6.07 Å². The molecule has 3 rings (SSSR count). The molecule has 0 bridgehead atoms. The van der Waals surface area contributed by atoms with Gasteiger partial charge >= 0.3 is 0 Å². The second-order valence-electron chi connectivity index (χ2n) is 6.14. The molecule has 25 heavy (non-hydrogen) atoms. The Hall–Kier alpha value is -1.77. The van der Waals surface area contributed by atoms with Crippen molar-refractivity contribution in [2.45, 2.75) is 43.5 Å². The Bertz CT molecular complexity index is 858. The zero-order chi connectivity index (χ0) is 17.9. The molecule has 0 atom stereocenters. The number of rotatable bonds is 7. The molecule has 0 saturated heterocycles. The maximum Gasteiger partial charge on any atom is 0.251 e. The summed E-state index contributed by atoms with van der Waals surface area (Å²) in [6.07, 6.45) is 3.70. The zero-order valence-electron chi connectivity index (χ0n) is 14.0. The summed E-state index contributed by atoms with van der Waals surface area (Å²) in [6, 6.07) is 6.37. The normalized spacial score (nSPS) is 14.9. The number of aryl methyl sites for hydroxylation is 1. The summed E-state index contributed by atoms with van der Waals surface area (Å²) >= 11 is 1.52. The first-order valence-electron chi connectivity index (χ1n) is 8.25. The Morgan fingerprint density at radius 1 is 1.36 bits per heavy atom. The Morgan fingerprint density at radius 2 is 2.16 bits per heavy atom. The number of aromatic nitrogens is 1. The van der Waals surface area contributed by atoms with Crippen molar-refractivity contribution in [3.63, 3.8) is 0 Å². The van der Waals surface area contributed by atoms with Gasteiger partial charge in [0.15, 0.2) is 0 Å². The second-order valence-corrected chi connectivity index (χ2v) is 8.84. The summed E-state index contributed by atoms with van der Waals surface area (Å²) in [7, 11) is -3.65. The highest BCUT2D eigenvalue weighted by Crippen LogP contribution is 2.19. The quantitative estimate of drug-likeness (QED) is 0.772. The largest absolute Gasteiger partial charge is 0.349 e. The lowest BCUT2D eigenvalue weighted by molar-refractivity contribution is 0.0916. The minimum Gasteiger partial charge on any atom is -0.349 e. The molecule has 1 fully saturated rings. The fourth-order valence-electron chi connectivity index (χ4n) is 2.57. The summed E-state index contributed by atoms with van der Waals surface area (Å²) in [5, 5.41) is 2.92. The molecule has 1 aliphatic carbocycles. The van der Waals surface area contributed by atoms with Crippen molar-refractivity contribution in [1.29, 1.82) is 0 Å². The predicted molar refractivity (Wildman–Crippen MR) is 97.3 cm³/mol. The van der Waals surface area contributed by atoms with Crippen molar-refractivity contribution >= 4 is 27.3 Å². The van der Waals surface area contributed by atoms with E-state index in [0.717, 1.165) is 29.8 Å². The van der Waals surface area contributed by atoms with Crippen LogP contribution in [-0.4, -0.2) is 31.9 Å². The molecule has 1 saturated carbocycles. The van der Waals surface area contributed by atoms with Gasteiger partial charge in [-0.2, -0.15) is 0 Å². The maximum absolute atomic E-state index is 12.5. The Morgan fingerprint density at radius 3 is 2.80 bits per heavy atom. The molecule has 134 valence electrons. The molecule has 0 radical (unpaired) electrons. The van der Waals surface area contributed by atoms with Crippen molar-refractivity contribution in [3.8, 4) is 0 Å². The number of benzene rings is 1. The summed E-state index contributed by atoms with van der Waals surface area (Å²) < 4.78 is 27.5. The van der Waals surface area contributed by atoms with Gasteiger partial charge in [0.1, 0.15) is 0 Å². The van der Waals surface area contributed by atoms with E-state index in [-0.39, 0.29) is 16.8 Å². The molecule has 2 N–H and O–H groups in total. The number of carbonyl (C=O) groups excluding carboxylic acids is 1. The number of nitrogens with zero attached hydrogens (tertiary/aromatic N) is 1. The maximum atomic E-state index is 12.5. The molecule has 1 aromatic heterocycles. The third kappa shape index (κ3) is 4.45. The van der Waals surface area contributed by atoms with Crippen LogP contribution in [0, 0.1) is 6.92 Å². The molecule has 0 aliphatic heterocycles. The predicted octanol–water partition coefficient (Wildman–Crippen LogP) is 2.25. The SMILES string of the molecule is Cc1ncsc1CCNS(=O)(=O)c1cccc(C(=O)NC2CCC2)c1. The molecule has 8 heteroatoms. The van der Waals surface area contributed by atoms with Crippen LogP contribution in [0.4, 0.5) is 0 Å². The highest BCUT2D eigenvalue weighted by atomic mass is 32.2. The summed E-state index contributed by atoms with van der Waals surface area (Å²) in [5.41, 5.74) is 3.05. The number of carbonyl (C=O) groups is 1. The van der Waals surface area contributed by atoms with E-state index in [4.69, 9.17) is 0 Å². The zero-order valence-corrected chi connectivity index (χ0v) is 15.6. The number of nitrogens with one attached hydrogen (secondary N) is 2. The van der Waals surface area contributed by atoms with Gasteiger partial charge in [0.25, 0.3) is 5.91 Å². The summed E-state index contributed by atoms with van der Waals surface area (Å²) in [6.45, 7) is 2.20. The Kier molecular flexibility index (Phi) is 5.51. The van der Waals surface area contributed by atoms with E-state index in [2.05, 4.69) is 15.0 Å². The monoisotopic (exact) mass is 379 g/mol. The average Bonchev–Trinajstić information content (AvgIpc) is 2.96. The van der Waals surface area contributed by atoms with Crippen molar-refractivity contribution < 1.29 is 13.2 Å². The average molecular weight is 380 g/mol. The van der Waals surface area contributed by atoms with Crippen LogP contribution >= 0.6 is 11.3 Å². The van der Waals surface area contributed by atoms with E-state index >= 15 is 0 Å². The highest BCUT2D eigenvalue weighted by Gasteiger charge is 2.21. The van der Waals surface area contributed by atoms with E-state index < -0.39 is 10.0 Å². The molecule has 1 heterocycles. The fourth-order valence-corrected chi connectivity index (χ4v) is 4.43.